The van der Waals surface area contributed by atoms with Crippen LogP contribution in [0.4, 0.5) is 0 Å². The Morgan fingerprint density at radius 2 is 1.95 bits per heavy atom. The largest absolute Gasteiger partial charge is 0.497 e. The molecule has 108 valence electrons. The molecule has 2 aliphatic heterocycles. The fourth-order valence-corrected chi connectivity index (χ4v) is 3.30. The van der Waals surface area contributed by atoms with Crippen molar-refractivity contribution >= 4 is 5.78 Å². The molecule has 4 nitrogen and oxygen atoms in total. The second kappa shape index (κ2) is 5.54. The molecule has 0 radical (unpaired) electrons. The Kier molecular flexibility index (Phi) is 3.76. The summed E-state index contributed by atoms with van der Waals surface area (Å²) in [6, 6.07) is 6.40. The van der Waals surface area contributed by atoms with Crippen molar-refractivity contribution in [2.24, 2.45) is 5.92 Å². The zero-order chi connectivity index (χ0) is 14.1. The number of nitrogens with one attached hydrogen (secondary N) is 1. The van der Waals surface area contributed by atoms with E-state index < -0.39 is 0 Å². The molecule has 0 spiro atoms. The van der Waals surface area contributed by atoms with Crippen LogP contribution in [0, 0.1) is 12.8 Å². The number of carbonyl (C=O) groups is 1. The van der Waals surface area contributed by atoms with E-state index in [-0.39, 0.29) is 11.7 Å². The zero-order valence-corrected chi connectivity index (χ0v) is 12.0. The number of fused-ring (bicyclic) bond motifs is 2. The molecule has 20 heavy (non-hydrogen) atoms. The molecular formula is C16H21NO3. The number of carbonyl (C=O) groups excluding carboxylic acids is 1. The number of ether oxygens (including phenoxy) is 2. The topological polar surface area (TPSA) is 47.6 Å². The molecule has 2 unspecified atom stereocenters. The Morgan fingerprint density at radius 3 is 2.60 bits per heavy atom. The van der Waals surface area contributed by atoms with E-state index in [0.717, 1.165) is 42.9 Å². The van der Waals surface area contributed by atoms with Crippen molar-refractivity contribution in [1.29, 1.82) is 0 Å². The lowest BCUT2D eigenvalue weighted by Gasteiger charge is -2.39. The fourth-order valence-electron chi connectivity index (χ4n) is 3.30. The molecule has 1 aromatic rings. The number of morpholine rings is 1. The number of aryl methyl sites for hydroxylation is 1. The summed E-state index contributed by atoms with van der Waals surface area (Å²) in [5, 5.41) is 3.52. The summed E-state index contributed by atoms with van der Waals surface area (Å²) in [6.45, 7) is 3.43. The van der Waals surface area contributed by atoms with Crippen molar-refractivity contribution in [3.63, 3.8) is 0 Å². The van der Waals surface area contributed by atoms with E-state index in [4.69, 9.17) is 9.47 Å². The first-order valence-electron chi connectivity index (χ1n) is 7.19. The number of hydrogen-bond acceptors (Lipinski definition) is 4. The lowest BCUT2D eigenvalue weighted by atomic mass is 9.82. The number of rotatable bonds is 3. The maximum absolute atomic E-state index is 12.7. The predicted molar refractivity (Wildman–Crippen MR) is 76.3 cm³/mol. The lowest BCUT2D eigenvalue weighted by molar-refractivity contribution is 0.00952. The van der Waals surface area contributed by atoms with E-state index in [2.05, 4.69) is 5.32 Å². The highest BCUT2D eigenvalue weighted by molar-refractivity contribution is 5.98. The van der Waals surface area contributed by atoms with Gasteiger partial charge in [-0.2, -0.15) is 0 Å². The molecule has 1 aromatic carbocycles. The third kappa shape index (κ3) is 2.72. The van der Waals surface area contributed by atoms with E-state index in [1.807, 2.05) is 25.1 Å². The molecule has 3 rings (SSSR count). The van der Waals surface area contributed by atoms with Gasteiger partial charge in [0.1, 0.15) is 5.75 Å². The third-order valence-electron chi connectivity index (χ3n) is 4.19. The number of benzene rings is 1. The van der Waals surface area contributed by atoms with Gasteiger partial charge in [0, 0.05) is 23.6 Å². The van der Waals surface area contributed by atoms with Crippen LogP contribution in [0.1, 0.15) is 28.8 Å². The van der Waals surface area contributed by atoms with Crippen LogP contribution in [0.25, 0.3) is 0 Å². The van der Waals surface area contributed by atoms with Gasteiger partial charge in [0.05, 0.1) is 20.3 Å². The average molecular weight is 275 g/mol. The van der Waals surface area contributed by atoms with E-state index in [9.17, 15) is 4.79 Å². The van der Waals surface area contributed by atoms with Crippen LogP contribution >= 0.6 is 0 Å². The average Bonchev–Trinajstić information content (AvgIpc) is 2.45. The van der Waals surface area contributed by atoms with Gasteiger partial charge in [-0.05, 0) is 43.5 Å². The maximum Gasteiger partial charge on any atom is 0.166 e. The number of ketones is 1. The van der Waals surface area contributed by atoms with Crippen molar-refractivity contribution in [3.8, 4) is 5.75 Å². The first-order chi connectivity index (χ1) is 9.65. The molecule has 0 saturated carbocycles. The van der Waals surface area contributed by atoms with Gasteiger partial charge in [0.25, 0.3) is 0 Å². The number of Topliss-reactive ketones (excluding diaryl/α,β-unsaturated/α-hetero) is 1. The van der Waals surface area contributed by atoms with Gasteiger partial charge < -0.3 is 14.8 Å². The van der Waals surface area contributed by atoms with E-state index in [1.165, 1.54) is 0 Å². The Labute approximate surface area is 119 Å². The van der Waals surface area contributed by atoms with E-state index in [0.29, 0.717) is 12.1 Å². The summed E-state index contributed by atoms with van der Waals surface area (Å²) in [5.74, 6) is 1.10. The highest BCUT2D eigenvalue weighted by Gasteiger charge is 2.35. The fraction of sp³-hybridized carbons (Fsp3) is 0.562. The molecule has 2 heterocycles. The van der Waals surface area contributed by atoms with Crippen LogP contribution in [0.2, 0.25) is 0 Å². The Balaban J connectivity index is 1.80. The normalized spacial score (nSPS) is 29.0. The van der Waals surface area contributed by atoms with Crippen LogP contribution in [-0.4, -0.2) is 38.2 Å². The molecule has 2 atom stereocenters. The molecule has 4 heteroatoms. The molecule has 2 aliphatic rings. The van der Waals surface area contributed by atoms with Gasteiger partial charge in [-0.25, -0.2) is 0 Å². The molecule has 0 amide bonds. The second-order valence-corrected chi connectivity index (χ2v) is 5.87. The highest BCUT2D eigenvalue weighted by Crippen LogP contribution is 2.28. The minimum Gasteiger partial charge on any atom is -0.497 e. The summed E-state index contributed by atoms with van der Waals surface area (Å²) in [4.78, 5) is 12.7. The number of piperidine rings is 1. The summed E-state index contributed by atoms with van der Waals surface area (Å²) in [5.41, 5.74) is 1.83. The molecular weight excluding hydrogens is 254 g/mol. The van der Waals surface area contributed by atoms with Gasteiger partial charge in [-0.1, -0.05) is 0 Å². The van der Waals surface area contributed by atoms with Crippen LogP contribution in [-0.2, 0) is 4.74 Å². The van der Waals surface area contributed by atoms with Gasteiger partial charge in [0.2, 0.25) is 0 Å². The molecule has 1 N–H and O–H groups in total. The summed E-state index contributed by atoms with van der Waals surface area (Å²) in [7, 11) is 1.63. The first kappa shape index (κ1) is 13.6. The van der Waals surface area contributed by atoms with Gasteiger partial charge in [0.15, 0.2) is 5.78 Å². The summed E-state index contributed by atoms with van der Waals surface area (Å²) in [6.07, 6.45) is 1.73. The summed E-state index contributed by atoms with van der Waals surface area (Å²) < 4.78 is 10.8. The third-order valence-corrected chi connectivity index (χ3v) is 4.19. The first-order valence-corrected chi connectivity index (χ1v) is 7.19. The van der Waals surface area contributed by atoms with Crippen molar-refractivity contribution in [2.75, 3.05) is 20.3 Å². The Bertz CT molecular complexity index is 502. The maximum atomic E-state index is 12.7. The van der Waals surface area contributed by atoms with Crippen LogP contribution in [0.15, 0.2) is 18.2 Å². The zero-order valence-electron chi connectivity index (χ0n) is 12.0. The van der Waals surface area contributed by atoms with Crippen molar-refractivity contribution in [2.45, 2.75) is 31.8 Å². The van der Waals surface area contributed by atoms with Gasteiger partial charge in [-0.15, -0.1) is 0 Å². The smallest absolute Gasteiger partial charge is 0.166 e. The molecule has 2 saturated heterocycles. The second-order valence-electron chi connectivity index (χ2n) is 5.87. The standard InChI is InChI=1S/C16H21NO3/c1-10-3-11(7-15(4-10)19-2)16(18)12-5-13-8-20-9-14(6-12)17-13/h3-4,7,12-14,17H,5-6,8-9H2,1-2H3. The Morgan fingerprint density at radius 1 is 1.25 bits per heavy atom. The Hall–Kier alpha value is -1.39. The predicted octanol–water partition coefficient (Wildman–Crippen LogP) is 1.95. The van der Waals surface area contributed by atoms with Crippen molar-refractivity contribution in [3.05, 3.63) is 29.3 Å². The van der Waals surface area contributed by atoms with Crippen molar-refractivity contribution < 1.29 is 14.3 Å². The highest BCUT2D eigenvalue weighted by atomic mass is 16.5. The molecule has 0 aliphatic carbocycles. The lowest BCUT2D eigenvalue weighted by Crippen LogP contribution is -2.55. The SMILES string of the molecule is COc1cc(C)cc(C(=O)C2CC3COCC(C2)N3)c1. The minimum atomic E-state index is 0.0988. The summed E-state index contributed by atoms with van der Waals surface area (Å²) >= 11 is 0. The molecule has 2 fully saturated rings. The van der Waals surface area contributed by atoms with E-state index in [1.54, 1.807) is 7.11 Å². The van der Waals surface area contributed by atoms with Crippen LogP contribution in [0.5, 0.6) is 5.75 Å². The van der Waals surface area contributed by atoms with Gasteiger partial charge in [-0.3, -0.25) is 4.79 Å². The number of methoxy groups -OCH3 is 1. The monoisotopic (exact) mass is 275 g/mol. The quantitative estimate of drug-likeness (QED) is 0.857. The van der Waals surface area contributed by atoms with E-state index >= 15 is 0 Å². The van der Waals surface area contributed by atoms with Crippen LogP contribution in [0.3, 0.4) is 0 Å². The molecule has 2 bridgehead atoms. The molecule has 0 aromatic heterocycles. The minimum absolute atomic E-state index is 0.0988. The van der Waals surface area contributed by atoms with Gasteiger partial charge >= 0.3 is 0 Å². The van der Waals surface area contributed by atoms with Crippen LogP contribution < -0.4 is 10.1 Å². The number of hydrogen-bond donors (Lipinski definition) is 1. The van der Waals surface area contributed by atoms with Crippen molar-refractivity contribution in [1.82, 2.24) is 5.32 Å².